The number of ether oxygens (including phenoxy) is 1. The zero-order chi connectivity index (χ0) is 13.0. The number of likely N-dealkylation sites (tertiary alicyclic amines) is 1. The van der Waals surface area contributed by atoms with Gasteiger partial charge in [-0.15, -0.1) is 0 Å². The molecule has 1 atom stereocenters. The van der Waals surface area contributed by atoms with Gasteiger partial charge in [0.1, 0.15) is 12.0 Å². The van der Waals surface area contributed by atoms with Gasteiger partial charge in [0.2, 0.25) is 0 Å². The van der Waals surface area contributed by atoms with E-state index in [1.807, 2.05) is 0 Å². The summed E-state index contributed by atoms with van der Waals surface area (Å²) in [6, 6.07) is 6.52. The molecule has 1 fully saturated rings. The Balaban J connectivity index is 1.88. The summed E-state index contributed by atoms with van der Waals surface area (Å²) in [5.41, 5.74) is 0. The van der Waals surface area contributed by atoms with Crippen molar-refractivity contribution in [3.05, 3.63) is 29.3 Å². The smallest absolute Gasteiger partial charge is 0.261 e. The first-order valence-electron chi connectivity index (χ1n) is 5.84. The predicted octanol–water partition coefficient (Wildman–Crippen LogP) is 1.91. The molecule has 1 aromatic carbocycles. The second kappa shape index (κ2) is 5.87. The van der Waals surface area contributed by atoms with Crippen LogP contribution in [0.15, 0.2) is 24.3 Å². The van der Waals surface area contributed by atoms with Gasteiger partial charge < -0.3 is 14.4 Å². The van der Waals surface area contributed by atoms with Crippen LogP contribution in [0.2, 0.25) is 5.02 Å². The van der Waals surface area contributed by atoms with Gasteiger partial charge in [0.05, 0.1) is 6.04 Å². The monoisotopic (exact) mass is 267 g/mol. The van der Waals surface area contributed by atoms with Gasteiger partial charge in [-0.1, -0.05) is 11.6 Å². The van der Waals surface area contributed by atoms with Gasteiger partial charge in [0, 0.05) is 11.6 Å². The third-order valence-corrected chi connectivity index (χ3v) is 3.20. The summed E-state index contributed by atoms with van der Waals surface area (Å²) in [5, 5.41) is 0.620. The Labute approximate surface area is 110 Å². The van der Waals surface area contributed by atoms with Crippen molar-refractivity contribution in [1.82, 2.24) is 4.90 Å². The minimum atomic E-state index is -0.286. The number of nitrogens with zero attached hydrogens (tertiary/aromatic N) is 1. The van der Waals surface area contributed by atoms with Gasteiger partial charge in [0.15, 0.2) is 6.61 Å². The van der Waals surface area contributed by atoms with Gasteiger partial charge in [0.25, 0.3) is 5.91 Å². The average Bonchev–Trinajstić information content (AvgIpc) is 2.86. The third kappa shape index (κ3) is 3.01. The third-order valence-electron chi connectivity index (χ3n) is 2.95. The van der Waals surface area contributed by atoms with Crippen LogP contribution in [0.5, 0.6) is 5.75 Å². The molecule has 0 aromatic heterocycles. The predicted molar refractivity (Wildman–Crippen MR) is 67.7 cm³/mol. The van der Waals surface area contributed by atoms with Crippen molar-refractivity contribution in [3.63, 3.8) is 0 Å². The highest BCUT2D eigenvalue weighted by molar-refractivity contribution is 6.30. The van der Waals surface area contributed by atoms with Crippen LogP contribution in [0.1, 0.15) is 12.8 Å². The molecule has 1 aliphatic heterocycles. The maximum Gasteiger partial charge on any atom is 0.261 e. The Morgan fingerprint density at radius 3 is 2.83 bits per heavy atom. The molecule has 1 saturated heterocycles. The number of halogens is 1. The number of amides is 1. The largest absolute Gasteiger partial charge is 0.484 e. The Morgan fingerprint density at radius 2 is 2.17 bits per heavy atom. The molecule has 0 radical (unpaired) electrons. The van der Waals surface area contributed by atoms with Crippen LogP contribution in [-0.2, 0) is 9.59 Å². The van der Waals surface area contributed by atoms with Crippen molar-refractivity contribution in [1.29, 1.82) is 0 Å². The van der Waals surface area contributed by atoms with Crippen molar-refractivity contribution in [2.45, 2.75) is 18.9 Å². The number of carbonyl (C=O) groups is 2. The molecule has 1 aromatic rings. The molecule has 1 unspecified atom stereocenters. The van der Waals surface area contributed by atoms with E-state index in [2.05, 4.69) is 0 Å². The second-order valence-corrected chi connectivity index (χ2v) is 4.61. The fourth-order valence-electron chi connectivity index (χ4n) is 2.00. The van der Waals surface area contributed by atoms with Crippen LogP contribution < -0.4 is 4.74 Å². The highest BCUT2D eigenvalue weighted by Crippen LogP contribution is 2.18. The van der Waals surface area contributed by atoms with Crippen molar-refractivity contribution < 1.29 is 14.3 Å². The number of rotatable bonds is 4. The van der Waals surface area contributed by atoms with Crippen LogP contribution in [0.3, 0.4) is 0 Å². The molecule has 2 rings (SSSR count). The number of aldehydes is 1. The van der Waals surface area contributed by atoms with E-state index in [-0.39, 0.29) is 18.6 Å². The first kappa shape index (κ1) is 12.9. The van der Waals surface area contributed by atoms with E-state index in [4.69, 9.17) is 16.3 Å². The first-order valence-corrected chi connectivity index (χ1v) is 6.21. The standard InChI is InChI=1S/C13H14ClNO3/c14-10-3-5-12(6-4-10)18-9-13(17)15-7-1-2-11(15)8-16/h3-6,8,11H,1-2,7,9H2. The molecule has 0 spiro atoms. The molecule has 96 valence electrons. The molecular weight excluding hydrogens is 254 g/mol. The molecule has 18 heavy (non-hydrogen) atoms. The van der Waals surface area contributed by atoms with Crippen LogP contribution >= 0.6 is 11.6 Å². The topological polar surface area (TPSA) is 46.6 Å². The summed E-state index contributed by atoms with van der Waals surface area (Å²) in [6.45, 7) is 0.582. The summed E-state index contributed by atoms with van der Waals surface area (Å²) < 4.78 is 5.36. The van der Waals surface area contributed by atoms with Crippen LogP contribution in [0.25, 0.3) is 0 Å². The van der Waals surface area contributed by atoms with Crippen molar-refractivity contribution in [2.75, 3.05) is 13.2 Å². The average molecular weight is 268 g/mol. The van der Waals surface area contributed by atoms with E-state index < -0.39 is 0 Å². The number of hydrogen-bond donors (Lipinski definition) is 0. The fraction of sp³-hybridized carbons (Fsp3) is 0.385. The van der Waals surface area contributed by atoms with E-state index in [1.165, 1.54) is 0 Å². The summed E-state index contributed by atoms with van der Waals surface area (Å²) in [5.74, 6) is 0.439. The lowest BCUT2D eigenvalue weighted by molar-refractivity contribution is -0.136. The Bertz CT molecular complexity index is 432. The number of hydrogen-bond acceptors (Lipinski definition) is 3. The fourth-order valence-corrected chi connectivity index (χ4v) is 2.13. The van der Waals surface area contributed by atoms with E-state index in [0.717, 1.165) is 19.1 Å². The first-order chi connectivity index (χ1) is 8.70. The molecule has 0 saturated carbocycles. The van der Waals surface area contributed by atoms with Gasteiger partial charge in [-0.2, -0.15) is 0 Å². The van der Waals surface area contributed by atoms with Gasteiger partial charge in [-0.25, -0.2) is 0 Å². The summed E-state index contributed by atoms with van der Waals surface area (Å²) in [7, 11) is 0. The molecule has 0 N–H and O–H groups in total. The number of carbonyl (C=O) groups excluding carboxylic acids is 2. The molecule has 1 amide bonds. The molecule has 1 aliphatic rings. The molecule has 5 heteroatoms. The minimum Gasteiger partial charge on any atom is -0.484 e. The maximum absolute atomic E-state index is 11.9. The quantitative estimate of drug-likeness (QED) is 0.783. The van der Waals surface area contributed by atoms with Crippen LogP contribution in [-0.4, -0.2) is 36.3 Å². The Hall–Kier alpha value is -1.55. The van der Waals surface area contributed by atoms with Crippen LogP contribution in [0, 0.1) is 0 Å². The SMILES string of the molecule is O=CC1CCCN1C(=O)COc1ccc(Cl)cc1. The summed E-state index contributed by atoms with van der Waals surface area (Å²) in [6.07, 6.45) is 2.44. The van der Waals surface area contributed by atoms with Crippen molar-refractivity contribution in [3.8, 4) is 5.75 Å². The van der Waals surface area contributed by atoms with Crippen molar-refractivity contribution in [2.24, 2.45) is 0 Å². The van der Waals surface area contributed by atoms with E-state index in [1.54, 1.807) is 29.2 Å². The molecule has 0 bridgehead atoms. The molecular formula is C13H14ClNO3. The van der Waals surface area contributed by atoms with Gasteiger partial charge >= 0.3 is 0 Å². The Kier molecular flexibility index (Phi) is 4.20. The lowest BCUT2D eigenvalue weighted by Gasteiger charge is -2.20. The minimum absolute atomic E-state index is 0.0496. The lowest BCUT2D eigenvalue weighted by atomic mass is 10.2. The molecule has 4 nitrogen and oxygen atoms in total. The normalized spacial score (nSPS) is 18.7. The zero-order valence-electron chi connectivity index (χ0n) is 9.84. The zero-order valence-corrected chi connectivity index (χ0v) is 10.6. The van der Waals surface area contributed by atoms with Gasteiger partial charge in [-0.3, -0.25) is 4.79 Å². The molecule has 0 aliphatic carbocycles. The summed E-state index contributed by atoms with van der Waals surface area (Å²) in [4.78, 5) is 24.2. The maximum atomic E-state index is 11.9. The second-order valence-electron chi connectivity index (χ2n) is 4.18. The van der Waals surface area contributed by atoms with Crippen molar-refractivity contribution >= 4 is 23.8 Å². The molecule has 1 heterocycles. The van der Waals surface area contributed by atoms with Gasteiger partial charge in [-0.05, 0) is 37.1 Å². The highest BCUT2D eigenvalue weighted by atomic mass is 35.5. The number of benzene rings is 1. The van der Waals surface area contributed by atoms with E-state index >= 15 is 0 Å². The van der Waals surface area contributed by atoms with E-state index in [9.17, 15) is 9.59 Å². The lowest BCUT2D eigenvalue weighted by Crippen LogP contribution is -2.39. The van der Waals surface area contributed by atoms with Crippen LogP contribution in [0.4, 0.5) is 0 Å². The Morgan fingerprint density at radius 1 is 1.44 bits per heavy atom. The van der Waals surface area contributed by atoms with E-state index in [0.29, 0.717) is 17.3 Å². The summed E-state index contributed by atoms with van der Waals surface area (Å²) >= 11 is 5.75. The highest BCUT2D eigenvalue weighted by Gasteiger charge is 2.28.